The van der Waals surface area contributed by atoms with Crippen molar-refractivity contribution in [2.75, 3.05) is 17.9 Å². The minimum absolute atomic E-state index is 0.0307. The molecule has 6 nitrogen and oxygen atoms in total. The van der Waals surface area contributed by atoms with Crippen LogP contribution in [0.3, 0.4) is 0 Å². The van der Waals surface area contributed by atoms with Gasteiger partial charge in [0.05, 0.1) is 47.1 Å². The monoisotopic (exact) mass is 840 g/mol. The zero-order valence-corrected chi connectivity index (χ0v) is 34.2. The fourth-order valence-electron chi connectivity index (χ4n) is 8.02. The summed E-state index contributed by atoms with van der Waals surface area (Å²) in [5.41, 5.74) is 1.36. The standard InChI is InChI=1S/C57H49N5O/c1-57(2,3)42-30-31-58-55(34-42)62-51-25-12-11-22-49(51)50-29-28-45(38-54(50)62)63-46-36-43(59-32-15-6-16-33-59)35-44(37-46)60-39-61(53-27-14-13-26-52(53)60)56-47(40-18-7-4-8-19-40)23-17-24-48(56)41-20-9-5-10-21-41/h4-5,7-14,17-31,34-38H,6,15-16,32-33H2,1-3H3/i4D,5D,6D2,7D,8D,9D,10D,15D2,16D2,18D,19D,20D,21D,32D2,33D2. The molecule has 0 bridgehead atoms. The highest BCUT2D eigenvalue weighted by molar-refractivity contribution is 6.09. The van der Waals surface area contributed by atoms with Crippen molar-refractivity contribution in [3.8, 4) is 50.9 Å². The molecule has 11 rings (SSSR count). The predicted octanol–water partition coefficient (Wildman–Crippen LogP) is 13.6. The number of hydrogen-bond acceptors (Lipinski definition) is 3. The van der Waals surface area contributed by atoms with E-state index >= 15 is 0 Å². The Morgan fingerprint density at radius 2 is 1.30 bits per heavy atom. The van der Waals surface area contributed by atoms with Crippen molar-refractivity contribution in [3.63, 3.8) is 0 Å². The van der Waals surface area contributed by atoms with Crippen LogP contribution < -0.4 is 14.2 Å². The van der Waals surface area contributed by atoms with Crippen molar-refractivity contribution in [2.24, 2.45) is 0 Å². The first kappa shape index (κ1) is 22.6. The topological polar surface area (TPSA) is 39.1 Å². The van der Waals surface area contributed by atoms with Gasteiger partial charge in [-0.25, -0.2) is 4.98 Å². The minimum Gasteiger partial charge on any atom is -0.458 e. The molecule has 0 saturated carbocycles. The molecule has 0 aliphatic carbocycles. The Morgan fingerprint density at radius 1 is 0.635 bits per heavy atom. The molecule has 1 aliphatic rings. The number of nitrogens with zero attached hydrogens (tertiary/aromatic N) is 5. The highest BCUT2D eigenvalue weighted by Crippen LogP contribution is 2.39. The number of para-hydroxylation sites is 4. The number of aromatic nitrogens is 4. The molecular weight excluding hydrogens is 771 g/mol. The van der Waals surface area contributed by atoms with Gasteiger partial charge in [-0.15, -0.1) is 0 Å². The SMILES string of the molecule is [2H]c1c([2H])c([2H])c(-c2cccc(-c3c([2H])c([2H])c([2H])c([2H])c3[2H])c2-[n+]2[c-]n(-c3cc(Oc4ccc5c6ccccc6n(-c6cc(C(C)(C)C)ccn6)c5c4)cc(N4C([2H])([2H])C([2H])([2H])C([2H])([2H])C([2H])([2H])C4([2H])[2H])c3)c3ccccc32)c([2H])c1[2H]. The number of anilines is 1. The van der Waals surface area contributed by atoms with Gasteiger partial charge in [0.2, 0.25) is 0 Å². The van der Waals surface area contributed by atoms with Gasteiger partial charge in [0.15, 0.2) is 0 Å². The summed E-state index contributed by atoms with van der Waals surface area (Å²) in [6.45, 7) is -1.01. The van der Waals surface area contributed by atoms with Crippen molar-refractivity contribution in [1.29, 1.82) is 0 Å². The average molecular weight is 840 g/mol. The molecule has 0 spiro atoms. The average Bonchev–Trinajstić information content (AvgIpc) is 1.37. The summed E-state index contributed by atoms with van der Waals surface area (Å²) in [5.74, 6) is 0.649. The zero-order valence-electron chi connectivity index (χ0n) is 54.2. The van der Waals surface area contributed by atoms with Crippen LogP contribution in [-0.4, -0.2) is 27.1 Å². The number of imidazole rings is 1. The molecule has 6 heteroatoms. The summed E-state index contributed by atoms with van der Waals surface area (Å²) in [6.07, 6.45) is -6.25. The molecular formula is C57H49N5O. The van der Waals surface area contributed by atoms with E-state index < -0.39 is 98.2 Å². The van der Waals surface area contributed by atoms with Crippen molar-refractivity contribution in [3.05, 3.63) is 194 Å². The molecule has 0 radical (unpaired) electrons. The number of hydrogen-bond donors (Lipinski definition) is 0. The van der Waals surface area contributed by atoms with E-state index in [4.69, 9.17) is 31.7 Å². The molecule has 0 atom stereocenters. The van der Waals surface area contributed by atoms with E-state index in [-0.39, 0.29) is 66.5 Å². The summed E-state index contributed by atoms with van der Waals surface area (Å²) in [5, 5.41) is 1.72. The molecule has 0 unspecified atom stereocenters. The van der Waals surface area contributed by atoms with Gasteiger partial charge in [0.1, 0.15) is 17.3 Å². The van der Waals surface area contributed by atoms with Gasteiger partial charge < -0.3 is 9.64 Å². The van der Waals surface area contributed by atoms with E-state index in [2.05, 4.69) is 27.1 Å². The lowest BCUT2D eigenvalue weighted by atomic mass is 9.88. The molecule has 1 aliphatic heterocycles. The molecule has 3 aromatic heterocycles. The number of benzene rings is 7. The van der Waals surface area contributed by atoms with E-state index in [1.165, 1.54) is 45.5 Å². The van der Waals surface area contributed by atoms with Gasteiger partial charge in [-0.05, 0) is 94.8 Å². The molecule has 10 aromatic rings. The van der Waals surface area contributed by atoms with Crippen molar-refractivity contribution in [1.82, 2.24) is 14.1 Å². The molecule has 7 aromatic carbocycles. The van der Waals surface area contributed by atoms with Gasteiger partial charge in [-0.3, -0.25) is 13.7 Å². The molecule has 63 heavy (non-hydrogen) atoms. The second-order valence-electron chi connectivity index (χ2n) is 15.9. The third-order valence-corrected chi connectivity index (χ3v) is 10.9. The third-order valence-electron chi connectivity index (χ3n) is 10.9. The maximum atomic E-state index is 9.26. The van der Waals surface area contributed by atoms with E-state index in [1.807, 2.05) is 47.0 Å². The Hall–Kier alpha value is -7.44. The lowest BCUT2D eigenvalue weighted by Gasteiger charge is -2.29. The quantitative estimate of drug-likeness (QED) is 0.113. The number of rotatable bonds is 8. The zero-order chi connectivity index (χ0) is 60.2. The maximum Gasteiger partial charge on any atom is 0.269 e. The largest absolute Gasteiger partial charge is 0.458 e. The van der Waals surface area contributed by atoms with E-state index in [1.54, 1.807) is 42.6 Å². The third kappa shape index (κ3) is 7.11. The van der Waals surface area contributed by atoms with Gasteiger partial charge in [0.25, 0.3) is 6.33 Å². The minimum atomic E-state index is -3.75. The summed E-state index contributed by atoms with van der Waals surface area (Å²) < 4.78 is 189. The number of fused-ring (bicyclic) bond motifs is 4. The van der Waals surface area contributed by atoms with Crippen LogP contribution >= 0.6 is 0 Å². The summed E-state index contributed by atoms with van der Waals surface area (Å²) in [4.78, 5) is 4.99. The van der Waals surface area contributed by atoms with E-state index in [9.17, 15) is 5.48 Å². The van der Waals surface area contributed by atoms with Gasteiger partial charge in [-0.2, -0.15) is 0 Å². The summed E-state index contributed by atoms with van der Waals surface area (Å²) >= 11 is 0. The first-order valence-electron chi connectivity index (χ1n) is 30.1. The molecule has 0 N–H and O–H groups in total. The first-order valence-corrected chi connectivity index (χ1v) is 20.1. The van der Waals surface area contributed by atoms with Crippen LogP contribution in [-0.2, 0) is 5.41 Å². The fraction of sp³-hybridized carbons (Fsp3) is 0.158. The lowest BCUT2D eigenvalue weighted by Crippen LogP contribution is -2.31. The Kier molecular flexibility index (Phi) is 5.66. The number of piperidine rings is 1. The Balaban J connectivity index is 1.20. The van der Waals surface area contributed by atoms with Crippen LogP contribution in [0.25, 0.3) is 72.3 Å². The number of pyridine rings is 1. The normalized spacial score (nSPS) is 21.9. The molecule has 1 fully saturated rings. The second kappa shape index (κ2) is 15.8. The van der Waals surface area contributed by atoms with Crippen molar-refractivity contribution >= 4 is 38.5 Å². The van der Waals surface area contributed by atoms with Crippen molar-refractivity contribution in [2.45, 2.75) is 45.3 Å². The van der Waals surface area contributed by atoms with Crippen LogP contribution in [0.1, 0.15) is 72.9 Å². The van der Waals surface area contributed by atoms with E-state index in [0.29, 0.717) is 11.3 Å². The van der Waals surface area contributed by atoms with Crippen LogP contribution in [0.2, 0.25) is 0 Å². The molecule has 308 valence electrons. The van der Waals surface area contributed by atoms with Gasteiger partial charge in [0, 0.05) is 61.5 Å². The van der Waals surface area contributed by atoms with Crippen LogP contribution in [0, 0.1) is 6.33 Å². The highest BCUT2D eigenvalue weighted by Gasteiger charge is 2.22. The van der Waals surface area contributed by atoms with Gasteiger partial charge in [-0.1, -0.05) is 142 Å². The fourth-order valence-corrected chi connectivity index (χ4v) is 8.02. The number of ether oxygens (including phenoxy) is 1. The Morgan fingerprint density at radius 3 is 2.03 bits per heavy atom. The highest BCUT2D eigenvalue weighted by atomic mass is 16.5. The second-order valence-corrected chi connectivity index (χ2v) is 15.9. The van der Waals surface area contributed by atoms with Gasteiger partial charge >= 0.3 is 0 Å². The van der Waals surface area contributed by atoms with Crippen molar-refractivity contribution < 1.29 is 36.7 Å². The molecule has 0 amide bonds. The Bertz CT molecular complexity index is 4200. The van der Waals surface area contributed by atoms with E-state index in [0.717, 1.165) is 21.9 Å². The predicted molar refractivity (Wildman–Crippen MR) is 258 cm³/mol. The van der Waals surface area contributed by atoms with Crippen LogP contribution in [0.15, 0.2) is 182 Å². The molecule has 4 heterocycles. The summed E-state index contributed by atoms with van der Waals surface area (Å²) in [7, 11) is 0. The summed E-state index contributed by atoms with van der Waals surface area (Å²) in [6, 6.07) is 25.0. The first-order chi connectivity index (χ1) is 38.8. The molecule has 1 saturated heterocycles. The smallest absolute Gasteiger partial charge is 0.269 e. The Labute approximate surface area is 397 Å². The van der Waals surface area contributed by atoms with Crippen LogP contribution in [0.5, 0.6) is 11.5 Å². The maximum absolute atomic E-state index is 9.26. The van der Waals surface area contributed by atoms with Crippen LogP contribution in [0.4, 0.5) is 5.69 Å². The lowest BCUT2D eigenvalue weighted by molar-refractivity contribution is -0.571.